The molecule has 1 N–H and O–H groups in total. The van der Waals surface area contributed by atoms with E-state index in [1.165, 1.54) is 5.56 Å². The van der Waals surface area contributed by atoms with Crippen molar-refractivity contribution in [3.63, 3.8) is 0 Å². The van der Waals surface area contributed by atoms with E-state index in [2.05, 4.69) is 34.5 Å². The average Bonchev–Trinajstić information content (AvgIpc) is 2.71. The highest BCUT2D eigenvalue weighted by atomic mass is 16.5. The first-order chi connectivity index (χ1) is 13.2. The van der Waals surface area contributed by atoms with Gasteiger partial charge in [0.15, 0.2) is 0 Å². The van der Waals surface area contributed by atoms with Gasteiger partial charge in [0, 0.05) is 38.4 Å². The summed E-state index contributed by atoms with van der Waals surface area (Å²) in [6.07, 6.45) is 4.33. The maximum Gasteiger partial charge on any atom is 0.321 e. The lowest BCUT2D eigenvalue weighted by molar-refractivity contribution is 0.156. The summed E-state index contributed by atoms with van der Waals surface area (Å²) < 4.78 is 5.42. The van der Waals surface area contributed by atoms with Gasteiger partial charge in [-0.3, -0.25) is 4.90 Å². The lowest BCUT2D eigenvalue weighted by Crippen LogP contribution is -2.49. The number of anilines is 1. The quantitative estimate of drug-likeness (QED) is 0.843. The molecular weight excluding hydrogens is 338 g/mol. The molecule has 0 atom stereocenters. The van der Waals surface area contributed by atoms with E-state index in [1.54, 1.807) is 0 Å². The molecule has 5 nitrogen and oxygen atoms in total. The van der Waals surface area contributed by atoms with Gasteiger partial charge in [0.25, 0.3) is 0 Å². The molecule has 0 saturated carbocycles. The highest BCUT2D eigenvalue weighted by Crippen LogP contribution is 2.16. The fourth-order valence-corrected chi connectivity index (χ4v) is 3.04. The van der Waals surface area contributed by atoms with Crippen LogP contribution < -0.4 is 10.1 Å². The molecule has 27 heavy (non-hydrogen) atoms. The van der Waals surface area contributed by atoms with Gasteiger partial charge in [0.1, 0.15) is 5.75 Å². The lowest BCUT2D eigenvalue weighted by Gasteiger charge is -2.34. The Morgan fingerprint density at radius 3 is 2.41 bits per heavy atom. The summed E-state index contributed by atoms with van der Waals surface area (Å²) in [4.78, 5) is 16.7. The Hall–Kier alpha value is -2.79. The first kappa shape index (κ1) is 19.0. The summed E-state index contributed by atoms with van der Waals surface area (Å²) in [6, 6.07) is 17.7. The molecule has 0 aromatic heterocycles. The van der Waals surface area contributed by atoms with Crippen LogP contribution in [0.1, 0.15) is 12.5 Å². The summed E-state index contributed by atoms with van der Waals surface area (Å²) in [5.41, 5.74) is 2.00. The van der Waals surface area contributed by atoms with Gasteiger partial charge in [-0.05, 0) is 36.8 Å². The number of benzene rings is 2. The molecule has 0 radical (unpaired) electrons. The molecule has 1 aliphatic rings. The third-order valence-electron chi connectivity index (χ3n) is 4.55. The van der Waals surface area contributed by atoms with Crippen molar-refractivity contribution in [3.05, 3.63) is 66.2 Å². The van der Waals surface area contributed by atoms with Crippen molar-refractivity contribution < 1.29 is 9.53 Å². The zero-order valence-corrected chi connectivity index (χ0v) is 15.8. The number of amides is 2. The molecule has 1 heterocycles. The molecule has 0 spiro atoms. The summed E-state index contributed by atoms with van der Waals surface area (Å²) >= 11 is 0. The molecule has 0 unspecified atom stereocenters. The van der Waals surface area contributed by atoms with Crippen LogP contribution in [0.25, 0.3) is 6.08 Å². The molecule has 0 bridgehead atoms. The monoisotopic (exact) mass is 365 g/mol. The minimum Gasteiger partial charge on any atom is -0.494 e. The lowest BCUT2D eigenvalue weighted by atomic mass is 10.2. The normalized spacial score (nSPS) is 15.1. The van der Waals surface area contributed by atoms with E-state index in [4.69, 9.17) is 4.74 Å². The predicted octanol–water partition coefficient (Wildman–Crippen LogP) is 3.95. The maximum absolute atomic E-state index is 12.4. The van der Waals surface area contributed by atoms with E-state index in [9.17, 15) is 4.79 Å². The number of urea groups is 1. The number of carbonyl (C=O) groups excluding carboxylic acids is 1. The molecule has 5 heteroatoms. The second-order valence-corrected chi connectivity index (χ2v) is 6.49. The van der Waals surface area contributed by atoms with Crippen molar-refractivity contribution in [2.75, 3.05) is 44.6 Å². The topological polar surface area (TPSA) is 44.8 Å². The third-order valence-corrected chi connectivity index (χ3v) is 4.55. The molecule has 142 valence electrons. The van der Waals surface area contributed by atoms with Crippen LogP contribution in [0.15, 0.2) is 60.7 Å². The van der Waals surface area contributed by atoms with E-state index in [1.807, 2.05) is 54.3 Å². The van der Waals surface area contributed by atoms with Crippen LogP contribution in [-0.2, 0) is 0 Å². The van der Waals surface area contributed by atoms with E-state index >= 15 is 0 Å². The first-order valence-electron chi connectivity index (χ1n) is 9.47. The summed E-state index contributed by atoms with van der Waals surface area (Å²) in [7, 11) is 0. The fourth-order valence-electron chi connectivity index (χ4n) is 3.04. The third kappa shape index (κ3) is 5.86. The van der Waals surface area contributed by atoms with Gasteiger partial charge in [-0.15, -0.1) is 0 Å². The van der Waals surface area contributed by atoms with Gasteiger partial charge in [0.05, 0.1) is 6.61 Å². The maximum atomic E-state index is 12.4. The summed E-state index contributed by atoms with van der Waals surface area (Å²) in [6.45, 7) is 6.74. The van der Waals surface area contributed by atoms with Gasteiger partial charge in [0.2, 0.25) is 0 Å². The second-order valence-electron chi connectivity index (χ2n) is 6.49. The molecule has 2 aromatic carbocycles. The number of ether oxygens (including phenoxy) is 1. The van der Waals surface area contributed by atoms with Crippen molar-refractivity contribution in [1.29, 1.82) is 0 Å². The van der Waals surface area contributed by atoms with Gasteiger partial charge in [-0.25, -0.2) is 4.79 Å². The van der Waals surface area contributed by atoms with E-state index in [-0.39, 0.29) is 6.03 Å². The van der Waals surface area contributed by atoms with Crippen LogP contribution >= 0.6 is 0 Å². The zero-order chi connectivity index (χ0) is 18.9. The Balaban J connectivity index is 1.41. The van der Waals surface area contributed by atoms with Crippen LogP contribution in [0, 0.1) is 0 Å². The fraction of sp³-hybridized carbons (Fsp3) is 0.318. The van der Waals surface area contributed by atoms with Crippen molar-refractivity contribution in [2.24, 2.45) is 0 Å². The first-order valence-corrected chi connectivity index (χ1v) is 9.47. The number of rotatable bonds is 6. The molecule has 1 saturated heterocycles. The minimum absolute atomic E-state index is 0.0429. The SMILES string of the molecule is CCOc1ccc(NC(=O)N2CCN(C/C=C/c3ccccc3)CC2)cc1. The molecule has 1 fully saturated rings. The van der Waals surface area contributed by atoms with Gasteiger partial charge >= 0.3 is 6.03 Å². The Morgan fingerprint density at radius 1 is 1.04 bits per heavy atom. The standard InChI is InChI=1S/C22H27N3O2/c1-2-27-21-12-10-20(11-13-21)23-22(26)25-17-15-24(16-18-25)14-6-9-19-7-4-3-5-8-19/h3-13H,2,14-18H2,1H3,(H,23,26)/b9-6+. The van der Waals surface area contributed by atoms with E-state index in [0.717, 1.165) is 44.2 Å². The highest BCUT2D eigenvalue weighted by molar-refractivity contribution is 5.89. The molecule has 2 amide bonds. The van der Waals surface area contributed by atoms with Crippen LogP contribution in [0.4, 0.5) is 10.5 Å². The van der Waals surface area contributed by atoms with Crippen LogP contribution in [-0.4, -0.2) is 55.2 Å². The van der Waals surface area contributed by atoms with Crippen molar-refractivity contribution in [1.82, 2.24) is 9.80 Å². The van der Waals surface area contributed by atoms with E-state index < -0.39 is 0 Å². The number of nitrogens with zero attached hydrogens (tertiary/aromatic N) is 2. The van der Waals surface area contributed by atoms with Crippen LogP contribution in [0.2, 0.25) is 0 Å². The smallest absolute Gasteiger partial charge is 0.321 e. The number of hydrogen-bond donors (Lipinski definition) is 1. The second kappa shape index (κ2) is 9.78. The number of carbonyl (C=O) groups is 1. The summed E-state index contributed by atoms with van der Waals surface area (Å²) in [5, 5.41) is 2.96. The average molecular weight is 365 g/mol. The minimum atomic E-state index is -0.0429. The largest absolute Gasteiger partial charge is 0.494 e. The zero-order valence-electron chi connectivity index (χ0n) is 15.8. The molecule has 3 rings (SSSR count). The Labute approximate surface area is 161 Å². The Kier molecular flexibility index (Phi) is 6.88. The number of piperazine rings is 1. The van der Waals surface area contributed by atoms with Crippen LogP contribution in [0.5, 0.6) is 5.75 Å². The summed E-state index contributed by atoms with van der Waals surface area (Å²) in [5.74, 6) is 0.813. The van der Waals surface area contributed by atoms with Gasteiger partial charge < -0.3 is 15.0 Å². The van der Waals surface area contributed by atoms with Crippen molar-refractivity contribution in [3.8, 4) is 5.75 Å². The van der Waals surface area contributed by atoms with Crippen molar-refractivity contribution >= 4 is 17.8 Å². The van der Waals surface area contributed by atoms with Gasteiger partial charge in [-0.1, -0.05) is 42.5 Å². The Morgan fingerprint density at radius 2 is 1.74 bits per heavy atom. The molecule has 1 aliphatic heterocycles. The predicted molar refractivity (Wildman–Crippen MR) is 110 cm³/mol. The van der Waals surface area contributed by atoms with Crippen LogP contribution in [0.3, 0.4) is 0 Å². The number of nitrogens with one attached hydrogen (secondary N) is 1. The number of hydrogen-bond acceptors (Lipinski definition) is 3. The van der Waals surface area contributed by atoms with Crippen molar-refractivity contribution in [2.45, 2.75) is 6.92 Å². The molecule has 0 aliphatic carbocycles. The van der Waals surface area contributed by atoms with Gasteiger partial charge in [-0.2, -0.15) is 0 Å². The highest BCUT2D eigenvalue weighted by Gasteiger charge is 2.20. The molecular formula is C22H27N3O2. The Bertz CT molecular complexity index is 736. The van der Waals surface area contributed by atoms with E-state index in [0.29, 0.717) is 6.61 Å². The molecule has 2 aromatic rings.